The molecule has 26 heavy (non-hydrogen) atoms. The summed E-state index contributed by atoms with van der Waals surface area (Å²) in [5.74, 6) is 1.41. The highest BCUT2D eigenvalue weighted by atomic mass is 16.5. The average Bonchev–Trinajstić information content (AvgIpc) is 3.38. The molecular weight excluding hydrogens is 330 g/mol. The standard InChI is InChI=1S/C19H31N5O2/c1-22-10-6-16(7-11-22)24-12-8-18(21-24)20-19(25)23-9-2-3-17(13-23)26-14-15-4-5-15/h8,12,15-17H,2-7,9-11,13-14H2,1H3,(H,20,21,25). The smallest absolute Gasteiger partial charge is 0.323 e. The Kier molecular flexibility index (Phi) is 5.45. The Morgan fingerprint density at radius 3 is 2.81 bits per heavy atom. The minimum atomic E-state index is -0.0571. The van der Waals surface area contributed by atoms with Crippen LogP contribution in [0.4, 0.5) is 10.6 Å². The molecule has 2 saturated heterocycles. The van der Waals surface area contributed by atoms with Gasteiger partial charge in [-0.3, -0.25) is 10.00 Å². The van der Waals surface area contributed by atoms with E-state index in [0.29, 0.717) is 18.4 Å². The first-order valence-electron chi connectivity index (χ1n) is 10.1. The SMILES string of the molecule is CN1CCC(n2ccc(NC(=O)N3CCCC(OCC4CC4)C3)n2)CC1. The minimum Gasteiger partial charge on any atom is -0.376 e. The summed E-state index contributed by atoms with van der Waals surface area (Å²) >= 11 is 0. The number of aromatic nitrogens is 2. The molecule has 1 N–H and O–H groups in total. The first-order valence-corrected chi connectivity index (χ1v) is 10.1. The molecule has 1 saturated carbocycles. The number of likely N-dealkylation sites (tertiary alicyclic amines) is 2. The first kappa shape index (κ1) is 17.8. The van der Waals surface area contributed by atoms with Gasteiger partial charge in [0.05, 0.1) is 12.1 Å². The van der Waals surface area contributed by atoms with E-state index in [2.05, 4.69) is 22.4 Å². The summed E-state index contributed by atoms with van der Waals surface area (Å²) in [7, 11) is 2.16. The van der Waals surface area contributed by atoms with E-state index in [0.717, 1.165) is 57.8 Å². The van der Waals surface area contributed by atoms with Crippen molar-refractivity contribution in [1.29, 1.82) is 0 Å². The van der Waals surface area contributed by atoms with Crippen LogP contribution in [0.3, 0.4) is 0 Å². The van der Waals surface area contributed by atoms with Crippen LogP contribution in [0.5, 0.6) is 0 Å². The van der Waals surface area contributed by atoms with Gasteiger partial charge in [0.25, 0.3) is 0 Å². The van der Waals surface area contributed by atoms with E-state index < -0.39 is 0 Å². The molecule has 2 amide bonds. The lowest BCUT2D eigenvalue weighted by Gasteiger charge is -2.32. The molecule has 3 heterocycles. The number of carbonyl (C=O) groups is 1. The lowest BCUT2D eigenvalue weighted by atomic mass is 10.1. The van der Waals surface area contributed by atoms with Crippen LogP contribution in [0.25, 0.3) is 0 Å². The Morgan fingerprint density at radius 2 is 2.04 bits per heavy atom. The number of urea groups is 1. The van der Waals surface area contributed by atoms with Crippen molar-refractivity contribution in [1.82, 2.24) is 19.6 Å². The molecule has 7 heteroatoms. The maximum atomic E-state index is 12.6. The summed E-state index contributed by atoms with van der Waals surface area (Å²) in [5.41, 5.74) is 0. The predicted molar refractivity (Wildman–Crippen MR) is 100 cm³/mol. The van der Waals surface area contributed by atoms with Gasteiger partial charge in [0, 0.05) is 32.0 Å². The molecule has 1 aromatic heterocycles. The molecule has 0 spiro atoms. The molecule has 2 aliphatic heterocycles. The maximum absolute atomic E-state index is 12.6. The molecule has 4 rings (SSSR count). The third-order valence-corrected chi connectivity index (χ3v) is 5.84. The molecule has 0 bridgehead atoms. The third kappa shape index (κ3) is 4.57. The number of nitrogens with zero attached hydrogens (tertiary/aromatic N) is 4. The topological polar surface area (TPSA) is 62.6 Å². The van der Waals surface area contributed by atoms with E-state index in [1.54, 1.807) is 0 Å². The highest BCUT2D eigenvalue weighted by Gasteiger charge is 2.28. The zero-order chi connectivity index (χ0) is 17.9. The van der Waals surface area contributed by atoms with Crippen molar-refractivity contribution in [2.45, 2.75) is 50.7 Å². The van der Waals surface area contributed by atoms with Crippen LogP contribution in [0.15, 0.2) is 12.3 Å². The number of hydrogen-bond donors (Lipinski definition) is 1. The van der Waals surface area contributed by atoms with Gasteiger partial charge in [0.1, 0.15) is 0 Å². The normalized spacial score (nSPS) is 25.4. The summed E-state index contributed by atoms with van der Waals surface area (Å²) in [6.07, 6.45) is 9.06. The van der Waals surface area contributed by atoms with Gasteiger partial charge >= 0.3 is 6.03 Å². The molecule has 0 aromatic carbocycles. The fourth-order valence-electron chi connectivity index (χ4n) is 3.87. The van der Waals surface area contributed by atoms with Crippen molar-refractivity contribution >= 4 is 11.8 Å². The number of ether oxygens (including phenoxy) is 1. The van der Waals surface area contributed by atoms with Gasteiger partial charge in [0.2, 0.25) is 0 Å². The van der Waals surface area contributed by atoms with Crippen LogP contribution in [0, 0.1) is 5.92 Å². The van der Waals surface area contributed by atoms with Gasteiger partial charge in [-0.15, -0.1) is 0 Å². The van der Waals surface area contributed by atoms with E-state index in [1.807, 2.05) is 21.8 Å². The zero-order valence-electron chi connectivity index (χ0n) is 15.8. The Hall–Kier alpha value is -1.60. The summed E-state index contributed by atoms with van der Waals surface area (Å²) in [5, 5.41) is 7.56. The number of piperidine rings is 2. The second-order valence-corrected chi connectivity index (χ2v) is 8.13. The van der Waals surface area contributed by atoms with Crippen molar-refractivity contribution in [3.63, 3.8) is 0 Å². The maximum Gasteiger partial charge on any atom is 0.323 e. The van der Waals surface area contributed by atoms with Gasteiger partial charge in [-0.05, 0) is 64.6 Å². The molecular formula is C19H31N5O2. The fourth-order valence-corrected chi connectivity index (χ4v) is 3.87. The minimum absolute atomic E-state index is 0.0571. The number of anilines is 1. The van der Waals surface area contributed by atoms with Crippen LogP contribution in [-0.4, -0.2) is 71.5 Å². The Labute approximate surface area is 155 Å². The molecule has 1 atom stereocenters. The van der Waals surface area contributed by atoms with Crippen LogP contribution >= 0.6 is 0 Å². The number of carbonyl (C=O) groups excluding carboxylic acids is 1. The summed E-state index contributed by atoms with van der Waals surface area (Å²) in [4.78, 5) is 16.8. The highest BCUT2D eigenvalue weighted by Crippen LogP contribution is 2.30. The molecule has 3 fully saturated rings. The van der Waals surface area contributed by atoms with Crippen LogP contribution in [0.2, 0.25) is 0 Å². The van der Waals surface area contributed by atoms with Gasteiger partial charge in [-0.1, -0.05) is 0 Å². The van der Waals surface area contributed by atoms with E-state index in [-0.39, 0.29) is 12.1 Å². The quantitative estimate of drug-likeness (QED) is 0.876. The number of amides is 2. The average molecular weight is 361 g/mol. The van der Waals surface area contributed by atoms with Crippen molar-refractivity contribution < 1.29 is 9.53 Å². The van der Waals surface area contributed by atoms with Gasteiger partial charge in [-0.25, -0.2) is 4.79 Å². The predicted octanol–water partition coefficient (Wildman–Crippen LogP) is 2.57. The van der Waals surface area contributed by atoms with E-state index >= 15 is 0 Å². The van der Waals surface area contributed by atoms with Crippen molar-refractivity contribution in [2.75, 3.05) is 45.2 Å². The van der Waals surface area contributed by atoms with Gasteiger partial charge in [0.15, 0.2) is 5.82 Å². The first-order chi connectivity index (χ1) is 12.7. The van der Waals surface area contributed by atoms with Gasteiger partial charge in [-0.2, -0.15) is 5.10 Å². The summed E-state index contributed by atoms with van der Waals surface area (Å²) < 4.78 is 8.00. The number of nitrogens with one attached hydrogen (secondary N) is 1. The van der Waals surface area contributed by atoms with Crippen molar-refractivity contribution in [3.05, 3.63) is 12.3 Å². The molecule has 144 valence electrons. The lowest BCUT2D eigenvalue weighted by molar-refractivity contribution is 0.00596. The van der Waals surface area contributed by atoms with Crippen molar-refractivity contribution in [2.24, 2.45) is 5.92 Å². The van der Waals surface area contributed by atoms with Crippen LogP contribution < -0.4 is 5.32 Å². The fraction of sp³-hybridized carbons (Fsp3) is 0.789. The molecule has 7 nitrogen and oxygen atoms in total. The monoisotopic (exact) mass is 361 g/mol. The Morgan fingerprint density at radius 1 is 1.23 bits per heavy atom. The molecule has 3 aliphatic rings. The highest BCUT2D eigenvalue weighted by molar-refractivity contribution is 5.88. The Balaban J connectivity index is 1.27. The zero-order valence-corrected chi connectivity index (χ0v) is 15.8. The third-order valence-electron chi connectivity index (χ3n) is 5.84. The molecule has 0 radical (unpaired) electrons. The molecule has 1 aromatic rings. The lowest BCUT2D eigenvalue weighted by Crippen LogP contribution is -2.45. The van der Waals surface area contributed by atoms with E-state index in [1.165, 1.54) is 12.8 Å². The number of rotatable bonds is 5. The van der Waals surface area contributed by atoms with Gasteiger partial charge < -0.3 is 14.5 Å². The molecule has 1 unspecified atom stereocenters. The second-order valence-electron chi connectivity index (χ2n) is 8.13. The number of hydrogen-bond acceptors (Lipinski definition) is 4. The van der Waals surface area contributed by atoms with E-state index in [9.17, 15) is 4.79 Å². The Bertz CT molecular complexity index is 607. The molecule has 1 aliphatic carbocycles. The van der Waals surface area contributed by atoms with E-state index in [4.69, 9.17) is 4.74 Å². The van der Waals surface area contributed by atoms with Crippen LogP contribution in [-0.2, 0) is 4.74 Å². The second kappa shape index (κ2) is 7.96. The van der Waals surface area contributed by atoms with Crippen LogP contribution in [0.1, 0.15) is 44.6 Å². The summed E-state index contributed by atoms with van der Waals surface area (Å²) in [6, 6.07) is 2.28. The largest absolute Gasteiger partial charge is 0.376 e. The van der Waals surface area contributed by atoms with Crippen molar-refractivity contribution in [3.8, 4) is 0 Å². The summed E-state index contributed by atoms with van der Waals surface area (Å²) in [6.45, 7) is 4.55.